The van der Waals surface area contributed by atoms with Gasteiger partial charge in [0.2, 0.25) is 0 Å². The minimum atomic E-state index is -0.491. The summed E-state index contributed by atoms with van der Waals surface area (Å²) < 4.78 is 21.5. The van der Waals surface area contributed by atoms with E-state index in [2.05, 4.69) is 22.5 Å². The molecule has 0 aliphatic carbocycles. The molecule has 8 heteroatoms. The number of hydrogen-bond acceptors (Lipinski definition) is 6. The van der Waals surface area contributed by atoms with Crippen molar-refractivity contribution in [2.75, 3.05) is 52.7 Å². The summed E-state index contributed by atoms with van der Waals surface area (Å²) in [6.45, 7) is 11.4. The Morgan fingerprint density at radius 1 is 0.818 bits per heavy atom. The third-order valence-corrected chi connectivity index (χ3v) is 4.05. The van der Waals surface area contributed by atoms with Crippen LogP contribution >= 0.6 is 0 Å². The summed E-state index contributed by atoms with van der Waals surface area (Å²) in [6.07, 6.45) is 1.02. The predicted octanol–water partition coefficient (Wildman–Crippen LogP) is 3.14. The Balaban J connectivity index is 1.87. The number of rotatable bonds is 15. The van der Waals surface area contributed by atoms with Crippen molar-refractivity contribution >= 4 is 12.0 Å². The monoisotopic (exact) mass is 462 g/mol. The van der Waals surface area contributed by atoms with E-state index in [0.29, 0.717) is 64.7 Å². The Labute approximate surface area is 197 Å². The molecule has 0 unspecified atom stereocenters. The van der Waals surface area contributed by atoms with Crippen molar-refractivity contribution in [3.8, 4) is 11.8 Å². The SMILES string of the molecule is CC#Cc1ccc(C(=O)NCCCOCCOCCOCCCNC(=O)OC(C)(C)C)cc1. The van der Waals surface area contributed by atoms with Crippen LogP contribution in [0.15, 0.2) is 24.3 Å². The van der Waals surface area contributed by atoms with Gasteiger partial charge in [-0.1, -0.05) is 5.92 Å². The van der Waals surface area contributed by atoms with Crippen molar-refractivity contribution in [3.05, 3.63) is 35.4 Å². The van der Waals surface area contributed by atoms with Crippen LogP contribution < -0.4 is 10.6 Å². The summed E-state index contributed by atoms with van der Waals surface area (Å²) >= 11 is 0. The van der Waals surface area contributed by atoms with Gasteiger partial charge < -0.3 is 29.6 Å². The maximum absolute atomic E-state index is 12.1. The molecule has 8 nitrogen and oxygen atoms in total. The van der Waals surface area contributed by atoms with Crippen molar-refractivity contribution in [1.82, 2.24) is 10.6 Å². The maximum Gasteiger partial charge on any atom is 0.407 e. The molecule has 0 aliphatic heterocycles. The van der Waals surface area contributed by atoms with Gasteiger partial charge in [0.15, 0.2) is 0 Å². The molecule has 0 saturated heterocycles. The Morgan fingerprint density at radius 2 is 1.33 bits per heavy atom. The first-order valence-corrected chi connectivity index (χ1v) is 11.3. The fourth-order valence-corrected chi connectivity index (χ4v) is 2.55. The van der Waals surface area contributed by atoms with Gasteiger partial charge in [-0.2, -0.15) is 0 Å². The molecular formula is C25H38N2O6. The van der Waals surface area contributed by atoms with Gasteiger partial charge in [-0.3, -0.25) is 4.79 Å². The normalized spacial score (nSPS) is 10.8. The van der Waals surface area contributed by atoms with E-state index in [9.17, 15) is 9.59 Å². The van der Waals surface area contributed by atoms with Gasteiger partial charge in [0.25, 0.3) is 5.91 Å². The highest BCUT2D eigenvalue weighted by Gasteiger charge is 2.15. The van der Waals surface area contributed by atoms with E-state index >= 15 is 0 Å². The van der Waals surface area contributed by atoms with Crippen molar-refractivity contribution < 1.29 is 28.5 Å². The molecule has 1 aromatic carbocycles. The highest BCUT2D eigenvalue weighted by Crippen LogP contribution is 2.06. The summed E-state index contributed by atoms with van der Waals surface area (Å²) in [5.74, 6) is 5.68. The lowest BCUT2D eigenvalue weighted by Crippen LogP contribution is -2.33. The van der Waals surface area contributed by atoms with Crippen LogP contribution in [0.2, 0.25) is 0 Å². The van der Waals surface area contributed by atoms with E-state index in [4.69, 9.17) is 18.9 Å². The number of hydrogen-bond donors (Lipinski definition) is 2. The smallest absolute Gasteiger partial charge is 0.407 e. The van der Waals surface area contributed by atoms with Crippen molar-refractivity contribution in [2.24, 2.45) is 0 Å². The number of nitrogens with one attached hydrogen (secondary N) is 2. The molecule has 33 heavy (non-hydrogen) atoms. The lowest BCUT2D eigenvalue weighted by Gasteiger charge is -2.19. The van der Waals surface area contributed by atoms with Gasteiger partial charge in [-0.05, 0) is 64.8 Å². The number of carbonyl (C=O) groups is 2. The molecule has 1 rings (SSSR count). The Bertz CT molecular complexity index is 747. The molecule has 2 N–H and O–H groups in total. The van der Waals surface area contributed by atoms with Crippen LogP contribution in [0.4, 0.5) is 4.79 Å². The fourth-order valence-electron chi connectivity index (χ4n) is 2.55. The van der Waals surface area contributed by atoms with Crippen molar-refractivity contribution in [2.45, 2.75) is 46.1 Å². The standard InChI is InChI=1S/C25H38N2O6/c1-5-8-21-9-11-22(12-10-21)23(28)26-13-6-15-30-17-19-32-20-18-31-16-7-14-27-24(29)33-25(2,3)4/h9-12H,6-7,13-20H2,1-4H3,(H,26,28)(H,27,29). The molecule has 0 fully saturated rings. The van der Waals surface area contributed by atoms with E-state index in [0.717, 1.165) is 12.0 Å². The van der Waals surface area contributed by atoms with Crippen LogP contribution in [-0.4, -0.2) is 70.3 Å². The molecule has 0 bridgehead atoms. The molecule has 184 valence electrons. The van der Waals surface area contributed by atoms with Crippen LogP contribution in [0.1, 0.15) is 56.5 Å². The van der Waals surface area contributed by atoms with E-state index in [1.165, 1.54) is 0 Å². The van der Waals surface area contributed by atoms with E-state index in [1.54, 1.807) is 19.1 Å². The second kappa shape index (κ2) is 17.0. The second-order valence-electron chi connectivity index (χ2n) is 8.18. The summed E-state index contributed by atoms with van der Waals surface area (Å²) in [7, 11) is 0. The van der Waals surface area contributed by atoms with Crippen LogP contribution in [0.5, 0.6) is 0 Å². The number of ether oxygens (including phenoxy) is 4. The number of amides is 2. The summed E-state index contributed by atoms with van der Waals surface area (Å²) in [4.78, 5) is 23.5. The molecular weight excluding hydrogens is 424 g/mol. The fraction of sp³-hybridized carbons (Fsp3) is 0.600. The number of benzene rings is 1. The highest BCUT2D eigenvalue weighted by atomic mass is 16.6. The van der Waals surface area contributed by atoms with E-state index in [-0.39, 0.29) is 5.91 Å². The molecule has 0 radical (unpaired) electrons. The lowest BCUT2D eigenvalue weighted by atomic mass is 10.1. The van der Waals surface area contributed by atoms with Crippen LogP contribution in [0.3, 0.4) is 0 Å². The predicted molar refractivity (Wildman–Crippen MR) is 127 cm³/mol. The van der Waals surface area contributed by atoms with Crippen LogP contribution in [0.25, 0.3) is 0 Å². The van der Waals surface area contributed by atoms with Gasteiger partial charge in [0.1, 0.15) is 5.60 Å². The summed E-state index contributed by atoms with van der Waals surface area (Å²) in [5, 5.41) is 5.56. The average Bonchev–Trinajstić information content (AvgIpc) is 2.75. The number of carbonyl (C=O) groups excluding carboxylic acids is 2. The maximum atomic E-state index is 12.1. The average molecular weight is 463 g/mol. The minimum Gasteiger partial charge on any atom is -0.444 e. The molecule has 0 aromatic heterocycles. The van der Waals surface area contributed by atoms with Crippen LogP contribution in [-0.2, 0) is 18.9 Å². The quantitative estimate of drug-likeness (QED) is 0.307. The molecule has 0 saturated carbocycles. The number of alkyl carbamates (subject to hydrolysis) is 1. The first-order valence-electron chi connectivity index (χ1n) is 11.3. The van der Waals surface area contributed by atoms with Gasteiger partial charge in [0.05, 0.1) is 26.4 Å². The molecule has 2 amide bonds. The highest BCUT2D eigenvalue weighted by molar-refractivity contribution is 5.94. The molecule has 0 aliphatic rings. The van der Waals surface area contributed by atoms with Gasteiger partial charge in [0, 0.05) is 37.4 Å². The van der Waals surface area contributed by atoms with Gasteiger partial charge in [-0.25, -0.2) is 4.79 Å². The van der Waals surface area contributed by atoms with E-state index in [1.807, 2.05) is 32.9 Å². The van der Waals surface area contributed by atoms with Crippen LogP contribution in [0, 0.1) is 11.8 Å². The molecule has 1 aromatic rings. The minimum absolute atomic E-state index is 0.102. The molecule has 0 spiro atoms. The summed E-state index contributed by atoms with van der Waals surface area (Å²) in [6, 6.07) is 7.22. The molecule has 0 atom stereocenters. The first-order chi connectivity index (χ1) is 15.8. The van der Waals surface area contributed by atoms with Crippen molar-refractivity contribution in [3.63, 3.8) is 0 Å². The van der Waals surface area contributed by atoms with Crippen molar-refractivity contribution in [1.29, 1.82) is 0 Å². The zero-order valence-electron chi connectivity index (χ0n) is 20.3. The van der Waals surface area contributed by atoms with E-state index < -0.39 is 11.7 Å². The topological polar surface area (TPSA) is 95.1 Å². The second-order valence-corrected chi connectivity index (χ2v) is 8.18. The third kappa shape index (κ3) is 15.8. The Morgan fingerprint density at radius 3 is 1.85 bits per heavy atom. The first kappa shape index (κ1) is 28.4. The van der Waals surface area contributed by atoms with Gasteiger partial charge in [-0.15, -0.1) is 5.92 Å². The zero-order chi connectivity index (χ0) is 24.4. The zero-order valence-corrected chi connectivity index (χ0v) is 20.3. The Kier molecular flexibility index (Phi) is 14.6. The largest absolute Gasteiger partial charge is 0.444 e. The Hall–Kier alpha value is -2.60. The van der Waals surface area contributed by atoms with Gasteiger partial charge >= 0.3 is 6.09 Å². The molecule has 0 heterocycles. The lowest BCUT2D eigenvalue weighted by molar-refractivity contribution is 0.0136. The summed E-state index contributed by atoms with van der Waals surface area (Å²) in [5.41, 5.74) is 1.02. The third-order valence-electron chi connectivity index (χ3n) is 4.05.